The second-order valence-corrected chi connectivity index (χ2v) is 8.12. The number of carbonyl (C=O) groups is 1. The largest absolute Gasteiger partial charge is 0.353 e. The number of benzene rings is 1. The van der Waals surface area contributed by atoms with Crippen LogP contribution in [0.15, 0.2) is 53.6 Å². The van der Waals surface area contributed by atoms with Gasteiger partial charge in [-0.3, -0.25) is 14.3 Å². The van der Waals surface area contributed by atoms with Crippen LogP contribution in [0.4, 0.5) is 0 Å². The summed E-state index contributed by atoms with van der Waals surface area (Å²) >= 11 is 6.02. The summed E-state index contributed by atoms with van der Waals surface area (Å²) in [6.45, 7) is 0.632. The number of nitrogens with one attached hydrogen (secondary N) is 1. The van der Waals surface area contributed by atoms with Gasteiger partial charge in [0.05, 0.1) is 12.0 Å². The van der Waals surface area contributed by atoms with Gasteiger partial charge in [-0.15, -0.1) is 5.10 Å². The van der Waals surface area contributed by atoms with E-state index in [9.17, 15) is 9.59 Å². The van der Waals surface area contributed by atoms with Crippen molar-refractivity contribution in [3.63, 3.8) is 0 Å². The Bertz CT molecular complexity index is 1080. The summed E-state index contributed by atoms with van der Waals surface area (Å²) in [4.78, 5) is 29.8. The van der Waals surface area contributed by atoms with Gasteiger partial charge in [-0.25, -0.2) is 9.48 Å². The smallest absolute Gasteiger partial charge is 0.345 e. The highest BCUT2D eigenvalue weighted by atomic mass is 35.5. The highest BCUT2D eigenvalue weighted by Gasteiger charge is 2.42. The molecule has 0 atom stereocenters. The molecule has 0 bridgehead atoms. The van der Waals surface area contributed by atoms with Gasteiger partial charge in [0.1, 0.15) is 0 Å². The predicted octanol–water partition coefficient (Wildman–Crippen LogP) is 2.93. The molecule has 8 heteroatoms. The highest BCUT2D eigenvalue weighted by molar-refractivity contribution is 6.30. The Balaban J connectivity index is 1.47. The van der Waals surface area contributed by atoms with E-state index < -0.39 is 5.41 Å². The summed E-state index contributed by atoms with van der Waals surface area (Å²) in [5, 5.41) is 8.11. The highest BCUT2D eigenvalue weighted by Crippen LogP contribution is 2.41. The lowest BCUT2D eigenvalue weighted by Crippen LogP contribution is -2.44. The Hall–Kier alpha value is -2.93. The van der Waals surface area contributed by atoms with E-state index in [0.29, 0.717) is 23.9 Å². The molecular weight excluding hydrogens is 402 g/mol. The number of hydrogen-bond acceptors (Lipinski definition) is 4. The molecule has 0 radical (unpaired) electrons. The van der Waals surface area contributed by atoms with Crippen molar-refractivity contribution in [1.82, 2.24) is 24.6 Å². The molecule has 2 heterocycles. The van der Waals surface area contributed by atoms with Gasteiger partial charge in [0.25, 0.3) is 0 Å². The maximum absolute atomic E-state index is 13.2. The second kappa shape index (κ2) is 8.44. The lowest BCUT2D eigenvalue weighted by molar-refractivity contribution is -0.126. The maximum Gasteiger partial charge on any atom is 0.345 e. The van der Waals surface area contributed by atoms with Crippen LogP contribution >= 0.6 is 11.6 Å². The van der Waals surface area contributed by atoms with Crippen LogP contribution in [0.1, 0.15) is 31.2 Å². The number of halogens is 1. The lowest BCUT2D eigenvalue weighted by atomic mass is 9.78. The van der Waals surface area contributed by atoms with Crippen molar-refractivity contribution in [3.05, 3.63) is 69.9 Å². The van der Waals surface area contributed by atoms with Crippen molar-refractivity contribution in [2.45, 2.75) is 37.6 Å². The number of carbonyl (C=O) groups excluding carboxylic acids is 1. The standard InChI is InChI=1S/C22H24ClN5O2/c1-27-19(16-5-4-12-24-15-16)26-28(21(27)30)14-13-25-20(29)22(10-2-3-11-22)17-6-8-18(23)9-7-17/h4-9,12,15H,2-3,10-11,13-14H2,1H3,(H,25,29). The summed E-state index contributed by atoms with van der Waals surface area (Å²) < 4.78 is 2.87. The Kier molecular flexibility index (Phi) is 5.72. The van der Waals surface area contributed by atoms with Crippen molar-refractivity contribution >= 4 is 17.5 Å². The lowest BCUT2D eigenvalue weighted by Gasteiger charge is -2.28. The second-order valence-electron chi connectivity index (χ2n) is 7.68. The van der Waals surface area contributed by atoms with Crippen LogP contribution in [0.25, 0.3) is 11.4 Å². The number of nitrogens with zero attached hydrogens (tertiary/aromatic N) is 4. The van der Waals surface area contributed by atoms with Crippen molar-refractivity contribution in [1.29, 1.82) is 0 Å². The van der Waals surface area contributed by atoms with Gasteiger partial charge in [-0.05, 0) is 42.7 Å². The van der Waals surface area contributed by atoms with Crippen LogP contribution in [-0.2, 0) is 23.8 Å². The minimum atomic E-state index is -0.527. The molecule has 1 amide bonds. The zero-order valence-electron chi connectivity index (χ0n) is 16.8. The first-order chi connectivity index (χ1) is 14.5. The Labute approximate surface area is 179 Å². The van der Waals surface area contributed by atoms with Gasteiger partial charge < -0.3 is 5.32 Å². The summed E-state index contributed by atoms with van der Waals surface area (Å²) in [7, 11) is 1.68. The van der Waals surface area contributed by atoms with Crippen LogP contribution < -0.4 is 11.0 Å². The molecule has 4 rings (SSSR count). The van der Waals surface area contributed by atoms with Crippen LogP contribution in [0.5, 0.6) is 0 Å². The molecule has 0 saturated heterocycles. The van der Waals surface area contributed by atoms with E-state index in [1.54, 1.807) is 25.5 Å². The first-order valence-corrected chi connectivity index (χ1v) is 10.5. The third-order valence-corrected chi connectivity index (χ3v) is 6.11. The van der Waals surface area contributed by atoms with Crippen LogP contribution in [0, 0.1) is 0 Å². The minimum absolute atomic E-state index is 0.00112. The number of hydrogen-bond donors (Lipinski definition) is 1. The summed E-state index contributed by atoms with van der Waals surface area (Å²) in [5.74, 6) is 0.548. The number of pyridine rings is 1. The number of amides is 1. The van der Waals surface area contributed by atoms with Crippen molar-refractivity contribution in [2.24, 2.45) is 7.05 Å². The fourth-order valence-corrected chi connectivity index (χ4v) is 4.34. The van der Waals surface area contributed by atoms with E-state index in [1.165, 1.54) is 9.25 Å². The third kappa shape index (κ3) is 3.77. The van der Waals surface area contributed by atoms with Gasteiger partial charge in [0.15, 0.2) is 5.82 Å². The van der Waals surface area contributed by atoms with E-state index in [2.05, 4.69) is 15.4 Å². The van der Waals surface area contributed by atoms with E-state index in [4.69, 9.17) is 11.6 Å². The molecule has 1 aliphatic carbocycles. The SMILES string of the molecule is Cn1c(-c2cccnc2)nn(CCNC(=O)C2(c3ccc(Cl)cc3)CCCC2)c1=O. The van der Waals surface area contributed by atoms with Gasteiger partial charge in [0.2, 0.25) is 5.91 Å². The van der Waals surface area contributed by atoms with E-state index in [1.807, 2.05) is 30.3 Å². The molecule has 0 spiro atoms. The average molecular weight is 426 g/mol. The van der Waals surface area contributed by atoms with Crippen molar-refractivity contribution in [3.8, 4) is 11.4 Å². The molecule has 3 aromatic rings. The van der Waals surface area contributed by atoms with Gasteiger partial charge >= 0.3 is 5.69 Å². The molecule has 1 aliphatic rings. The van der Waals surface area contributed by atoms with Crippen molar-refractivity contribution in [2.75, 3.05) is 6.54 Å². The first-order valence-electron chi connectivity index (χ1n) is 10.1. The molecule has 1 fully saturated rings. The van der Waals surface area contributed by atoms with E-state index in [-0.39, 0.29) is 11.6 Å². The molecule has 1 aromatic carbocycles. The first kappa shape index (κ1) is 20.3. The van der Waals surface area contributed by atoms with E-state index >= 15 is 0 Å². The van der Waals surface area contributed by atoms with Gasteiger partial charge in [-0.2, -0.15) is 0 Å². The maximum atomic E-state index is 13.2. The minimum Gasteiger partial charge on any atom is -0.353 e. The van der Waals surface area contributed by atoms with Gasteiger partial charge in [0, 0.05) is 36.6 Å². The normalized spacial score (nSPS) is 15.3. The summed E-state index contributed by atoms with van der Waals surface area (Å²) in [6.07, 6.45) is 7.01. The van der Waals surface area contributed by atoms with Crippen LogP contribution in [0.3, 0.4) is 0 Å². The molecule has 1 N–H and O–H groups in total. The van der Waals surface area contributed by atoms with E-state index in [0.717, 1.165) is 36.8 Å². The topological polar surface area (TPSA) is 81.8 Å². The quantitative estimate of drug-likeness (QED) is 0.658. The molecule has 0 unspecified atom stereocenters. The fourth-order valence-electron chi connectivity index (χ4n) is 4.22. The predicted molar refractivity (Wildman–Crippen MR) is 115 cm³/mol. The zero-order chi connectivity index (χ0) is 21.1. The summed E-state index contributed by atoms with van der Waals surface area (Å²) in [6, 6.07) is 11.2. The summed E-state index contributed by atoms with van der Waals surface area (Å²) in [5.41, 5.74) is 1.01. The van der Waals surface area contributed by atoms with Crippen LogP contribution in [0.2, 0.25) is 5.02 Å². The molecule has 0 aliphatic heterocycles. The van der Waals surface area contributed by atoms with Gasteiger partial charge in [-0.1, -0.05) is 36.6 Å². The molecular formula is C22H24ClN5O2. The molecule has 1 saturated carbocycles. The Morgan fingerprint density at radius 3 is 2.60 bits per heavy atom. The fraction of sp³-hybridized carbons (Fsp3) is 0.364. The van der Waals surface area contributed by atoms with Crippen molar-refractivity contribution < 1.29 is 4.79 Å². The Morgan fingerprint density at radius 2 is 1.93 bits per heavy atom. The zero-order valence-corrected chi connectivity index (χ0v) is 17.6. The average Bonchev–Trinajstić information content (AvgIpc) is 3.37. The molecule has 7 nitrogen and oxygen atoms in total. The monoisotopic (exact) mass is 425 g/mol. The molecule has 30 heavy (non-hydrogen) atoms. The number of rotatable bonds is 6. The number of aromatic nitrogens is 4. The third-order valence-electron chi connectivity index (χ3n) is 5.86. The van der Waals surface area contributed by atoms with Crippen LogP contribution in [-0.4, -0.2) is 31.8 Å². The molecule has 2 aromatic heterocycles. The Morgan fingerprint density at radius 1 is 1.20 bits per heavy atom. The molecule has 156 valence electrons.